The van der Waals surface area contributed by atoms with Gasteiger partial charge in [-0.15, -0.1) is 0 Å². The maximum absolute atomic E-state index is 6.03. The van der Waals surface area contributed by atoms with Crippen LogP contribution in [0.2, 0.25) is 0 Å². The average molecular weight is 334 g/mol. The Bertz CT molecular complexity index is 278. The highest BCUT2D eigenvalue weighted by Gasteiger charge is 2.46. The molecule has 0 amide bonds. The van der Waals surface area contributed by atoms with Crippen molar-refractivity contribution in [1.82, 2.24) is 9.21 Å². The average Bonchev–Trinajstić information content (AvgIpc) is 2.15. The van der Waals surface area contributed by atoms with Crippen molar-refractivity contribution in [3.05, 3.63) is 0 Å². The molecule has 0 aromatic carbocycles. The first-order valence-electron chi connectivity index (χ1n) is 3.48. The SMILES string of the molecule is CON1P(Cl)N=P(Cl)(Cl)N(OC)P1OC. The topological polar surface area (TPSA) is 46.5 Å². The minimum absolute atomic E-state index is 1.29. The molecule has 1 aliphatic rings. The molecule has 0 aromatic rings. The van der Waals surface area contributed by atoms with Crippen LogP contribution in [0.25, 0.3) is 0 Å². The van der Waals surface area contributed by atoms with Crippen molar-refractivity contribution >= 4 is 55.7 Å². The predicted octanol–water partition coefficient (Wildman–Crippen LogP) is 4.49. The Morgan fingerprint density at radius 1 is 1.20 bits per heavy atom. The van der Waals surface area contributed by atoms with E-state index in [0.29, 0.717) is 0 Å². The van der Waals surface area contributed by atoms with Crippen LogP contribution in [0.4, 0.5) is 0 Å². The molecule has 90 valence electrons. The molecule has 1 rings (SSSR count). The van der Waals surface area contributed by atoms with Crippen molar-refractivity contribution in [3.63, 3.8) is 0 Å². The Balaban J connectivity index is 3.07. The highest BCUT2D eigenvalue weighted by atomic mass is 35.9. The van der Waals surface area contributed by atoms with Gasteiger partial charge in [-0.2, -0.15) is 4.52 Å². The lowest BCUT2D eigenvalue weighted by Gasteiger charge is -2.39. The normalized spacial score (nSPS) is 32.7. The molecule has 2 unspecified atom stereocenters. The molecular formula is C3H9Cl3N3O3P3. The first-order chi connectivity index (χ1) is 6.97. The zero-order valence-electron chi connectivity index (χ0n) is 8.04. The number of hydrogen-bond donors (Lipinski definition) is 0. The summed E-state index contributed by atoms with van der Waals surface area (Å²) < 4.78 is 11.9. The first kappa shape index (κ1) is 14.8. The molecule has 0 saturated carbocycles. The van der Waals surface area contributed by atoms with E-state index < -0.39 is 21.9 Å². The van der Waals surface area contributed by atoms with Crippen LogP contribution in [0.15, 0.2) is 4.52 Å². The standard InChI is InChI=1S/C3H9Cl3N3O3P3/c1-10-8-13(4)7-15(5,6)9(11-2)14(8)12-3/h1-3H3. The molecular weight excluding hydrogens is 325 g/mol. The van der Waals surface area contributed by atoms with E-state index in [4.69, 9.17) is 47.9 Å². The van der Waals surface area contributed by atoms with Gasteiger partial charge in [0.2, 0.25) is 13.5 Å². The summed E-state index contributed by atoms with van der Waals surface area (Å²) in [6.45, 7) is 0. The van der Waals surface area contributed by atoms with E-state index in [2.05, 4.69) is 4.52 Å². The monoisotopic (exact) mass is 333 g/mol. The van der Waals surface area contributed by atoms with Crippen molar-refractivity contribution in [2.24, 2.45) is 4.52 Å². The lowest BCUT2D eigenvalue weighted by molar-refractivity contribution is -0.0212. The van der Waals surface area contributed by atoms with Gasteiger partial charge in [0.05, 0.1) is 14.2 Å². The van der Waals surface area contributed by atoms with E-state index in [0.717, 1.165) is 0 Å². The van der Waals surface area contributed by atoms with Crippen molar-refractivity contribution in [3.8, 4) is 0 Å². The quantitative estimate of drug-likeness (QED) is 0.712. The second-order valence-corrected chi connectivity index (χ2v) is 11.4. The van der Waals surface area contributed by atoms with Crippen LogP contribution in [0, 0.1) is 0 Å². The van der Waals surface area contributed by atoms with Gasteiger partial charge in [-0.1, -0.05) is 9.21 Å². The number of hydrogen-bond acceptors (Lipinski definition) is 6. The van der Waals surface area contributed by atoms with Gasteiger partial charge in [-0.05, 0) is 33.7 Å². The predicted molar refractivity (Wildman–Crippen MR) is 65.5 cm³/mol. The summed E-state index contributed by atoms with van der Waals surface area (Å²) in [5.74, 6) is -2.77. The molecule has 0 aromatic heterocycles. The second-order valence-electron chi connectivity index (χ2n) is 2.09. The summed E-state index contributed by atoms with van der Waals surface area (Å²) >= 11 is 18.0. The van der Waals surface area contributed by atoms with E-state index in [1.165, 1.54) is 30.5 Å². The fourth-order valence-corrected chi connectivity index (χ4v) is 10.8. The van der Waals surface area contributed by atoms with E-state index >= 15 is 0 Å². The largest absolute Gasteiger partial charge is 0.331 e. The maximum atomic E-state index is 6.03. The Morgan fingerprint density at radius 3 is 2.20 bits per heavy atom. The third kappa shape index (κ3) is 3.15. The molecule has 0 radical (unpaired) electrons. The van der Waals surface area contributed by atoms with Gasteiger partial charge in [-0.25, -0.2) is 0 Å². The van der Waals surface area contributed by atoms with Gasteiger partial charge in [0.1, 0.15) is 0 Å². The van der Waals surface area contributed by atoms with Crippen LogP contribution in [-0.2, 0) is 14.2 Å². The summed E-state index contributed by atoms with van der Waals surface area (Å²) in [4.78, 5) is 10.1. The summed E-state index contributed by atoms with van der Waals surface area (Å²) in [6, 6.07) is 0. The van der Waals surface area contributed by atoms with Crippen LogP contribution in [-0.4, -0.2) is 30.5 Å². The number of nitrogens with zero attached hydrogens (tertiary/aromatic N) is 3. The highest BCUT2D eigenvalue weighted by molar-refractivity contribution is 8.14. The second kappa shape index (κ2) is 6.08. The number of halogens is 3. The molecule has 0 N–H and O–H groups in total. The van der Waals surface area contributed by atoms with E-state index in [1.807, 2.05) is 0 Å². The molecule has 0 saturated heterocycles. The summed E-state index contributed by atoms with van der Waals surface area (Å²) in [5.41, 5.74) is 0. The Labute approximate surface area is 105 Å². The fourth-order valence-electron chi connectivity index (χ4n) is 0.823. The van der Waals surface area contributed by atoms with Gasteiger partial charge < -0.3 is 4.52 Å². The molecule has 6 nitrogen and oxygen atoms in total. The van der Waals surface area contributed by atoms with E-state index in [-0.39, 0.29) is 0 Å². The molecule has 1 heterocycles. The van der Waals surface area contributed by atoms with Gasteiger partial charge in [0.15, 0.2) is 0 Å². The van der Waals surface area contributed by atoms with Crippen LogP contribution in [0.5, 0.6) is 0 Å². The lowest BCUT2D eigenvalue weighted by Crippen LogP contribution is -2.23. The number of rotatable bonds is 3. The molecule has 2 atom stereocenters. The van der Waals surface area contributed by atoms with Gasteiger partial charge in [0, 0.05) is 7.11 Å². The molecule has 1 aliphatic heterocycles. The summed E-state index contributed by atoms with van der Waals surface area (Å²) in [5, 5.41) is 0. The van der Waals surface area contributed by atoms with Crippen LogP contribution < -0.4 is 0 Å². The van der Waals surface area contributed by atoms with Gasteiger partial charge in [0.25, 0.3) is 8.45 Å². The lowest BCUT2D eigenvalue weighted by atomic mass is 11.7. The van der Waals surface area contributed by atoms with E-state index in [1.54, 1.807) is 0 Å². The minimum Gasteiger partial charge on any atom is -0.331 e. The first-order valence-corrected chi connectivity index (χ1v) is 10.3. The van der Waals surface area contributed by atoms with E-state index in [9.17, 15) is 0 Å². The molecule has 0 bridgehead atoms. The Kier molecular flexibility index (Phi) is 6.01. The van der Waals surface area contributed by atoms with Crippen LogP contribution in [0.1, 0.15) is 0 Å². The molecule has 0 aliphatic carbocycles. The van der Waals surface area contributed by atoms with Crippen molar-refractivity contribution in [2.45, 2.75) is 0 Å². The third-order valence-corrected chi connectivity index (χ3v) is 11.2. The smallest absolute Gasteiger partial charge is 0.251 e. The summed E-state index contributed by atoms with van der Waals surface area (Å²) in [6.07, 6.45) is 0. The summed E-state index contributed by atoms with van der Waals surface area (Å²) in [7, 11) is 1.52. The van der Waals surface area contributed by atoms with Crippen molar-refractivity contribution < 1.29 is 14.2 Å². The molecule has 0 fully saturated rings. The molecule has 0 spiro atoms. The van der Waals surface area contributed by atoms with Crippen LogP contribution in [0.3, 0.4) is 0 Å². The van der Waals surface area contributed by atoms with Crippen molar-refractivity contribution in [2.75, 3.05) is 21.3 Å². The fraction of sp³-hybridized carbons (Fsp3) is 1.00. The Hall–Kier alpha value is 1.76. The highest BCUT2D eigenvalue weighted by Crippen LogP contribution is 2.83. The third-order valence-electron chi connectivity index (χ3n) is 1.31. The minimum atomic E-state index is -2.77. The van der Waals surface area contributed by atoms with Gasteiger partial charge >= 0.3 is 0 Å². The zero-order chi connectivity index (χ0) is 11.6. The zero-order valence-corrected chi connectivity index (χ0v) is 13.0. The van der Waals surface area contributed by atoms with Crippen molar-refractivity contribution in [1.29, 1.82) is 0 Å². The van der Waals surface area contributed by atoms with Gasteiger partial charge in [-0.3, -0.25) is 9.68 Å². The molecule has 12 heteroatoms. The Morgan fingerprint density at radius 2 is 1.80 bits per heavy atom. The molecule has 15 heavy (non-hydrogen) atoms. The maximum Gasteiger partial charge on any atom is 0.251 e. The van der Waals surface area contributed by atoms with Crippen LogP contribution >= 0.6 is 55.7 Å².